The molecule has 4 heteroatoms. The van der Waals surface area contributed by atoms with Crippen molar-refractivity contribution >= 4 is 6.03 Å². The maximum atomic E-state index is 12.0. The molecule has 2 aliphatic rings. The number of rotatable bonds is 0. The summed E-state index contributed by atoms with van der Waals surface area (Å²) in [5.41, 5.74) is 0. The van der Waals surface area contributed by atoms with Crippen LogP contribution < -0.4 is 0 Å². The topological polar surface area (TPSA) is 47.3 Å². The van der Waals surface area contributed by atoms with Crippen LogP contribution in [0.2, 0.25) is 0 Å². The highest BCUT2D eigenvalue weighted by Crippen LogP contribution is 2.25. The summed E-state index contributed by atoms with van der Waals surface area (Å²) >= 11 is 0. The summed E-state index contributed by atoms with van der Waals surface area (Å²) < 4.78 is 0. The Hall–Kier alpha value is -1.24. The van der Waals surface area contributed by atoms with E-state index in [1.54, 1.807) is 4.90 Å². The van der Waals surface area contributed by atoms with Crippen molar-refractivity contribution in [1.29, 1.82) is 5.26 Å². The highest BCUT2D eigenvalue weighted by atomic mass is 16.2. The molecule has 0 aliphatic carbocycles. The van der Waals surface area contributed by atoms with Crippen molar-refractivity contribution in [1.82, 2.24) is 9.80 Å². The van der Waals surface area contributed by atoms with Gasteiger partial charge in [0.05, 0.1) is 12.0 Å². The van der Waals surface area contributed by atoms with Crippen molar-refractivity contribution in [2.45, 2.75) is 20.3 Å². The lowest BCUT2D eigenvalue weighted by atomic mass is 9.89. The van der Waals surface area contributed by atoms with Crippen LogP contribution in [0.3, 0.4) is 0 Å². The molecule has 1 unspecified atom stereocenters. The Bertz CT molecular complexity index is 317. The minimum atomic E-state index is 0.0603. The van der Waals surface area contributed by atoms with Gasteiger partial charge in [-0.1, -0.05) is 13.8 Å². The van der Waals surface area contributed by atoms with Gasteiger partial charge in [-0.3, -0.25) is 0 Å². The lowest BCUT2D eigenvalue weighted by Gasteiger charge is -2.42. The number of amides is 2. The molecule has 2 atom stereocenters. The average molecular weight is 221 g/mol. The van der Waals surface area contributed by atoms with E-state index < -0.39 is 0 Å². The minimum absolute atomic E-state index is 0.0603. The van der Waals surface area contributed by atoms with Gasteiger partial charge in [0.25, 0.3) is 0 Å². The van der Waals surface area contributed by atoms with Gasteiger partial charge in [-0.25, -0.2) is 4.79 Å². The average Bonchev–Trinajstić information content (AvgIpc) is 2.20. The molecule has 0 N–H and O–H groups in total. The van der Waals surface area contributed by atoms with Gasteiger partial charge in [-0.05, 0) is 18.3 Å². The molecule has 2 rings (SSSR count). The summed E-state index contributed by atoms with van der Waals surface area (Å²) in [7, 11) is 0. The molecule has 16 heavy (non-hydrogen) atoms. The van der Waals surface area contributed by atoms with Gasteiger partial charge in [-0.15, -0.1) is 0 Å². The van der Waals surface area contributed by atoms with Crippen LogP contribution in [0.15, 0.2) is 0 Å². The van der Waals surface area contributed by atoms with Crippen LogP contribution in [0.1, 0.15) is 20.3 Å². The highest BCUT2D eigenvalue weighted by molar-refractivity contribution is 5.75. The van der Waals surface area contributed by atoms with Crippen LogP contribution in [0.5, 0.6) is 0 Å². The Labute approximate surface area is 96.8 Å². The van der Waals surface area contributed by atoms with Crippen molar-refractivity contribution in [3.05, 3.63) is 0 Å². The first-order valence-corrected chi connectivity index (χ1v) is 6.05. The van der Waals surface area contributed by atoms with E-state index in [4.69, 9.17) is 5.26 Å². The largest absolute Gasteiger partial charge is 0.324 e. The number of nitrogens with zero attached hydrogens (tertiary/aromatic N) is 3. The third-order valence-electron chi connectivity index (χ3n) is 3.94. The molecule has 2 aliphatic heterocycles. The van der Waals surface area contributed by atoms with Crippen molar-refractivity contribution in [3.63, 3.8) is 0 Å². The standard InChI is InChI=1S/C12H19N3O/c1-9-3-4-14(6-10(9)2)12(16)15-7-11(5-13)8-15/h9-11H,3-4,6-8H2,1-2H3/t9?,10-/m1/s1. The van der Waals surface area contributed by atoms with E-state index in [0.717, 1.165) is 19.5 Å². The number of urea groups is 1. The molecule has 4 nitrogen and oxygen atoms in total. The molecule has 2 amide bonds. The zero-order chi connectivity index (χ0) is 11.7. The first-order valence-electron chi connectivity index (χ1n) is 6.05. The summed E-state index contributed by atoms with van der Waals surface area (Å²) in [4.78, 5) is 15.8. The fourth-order valence-corrected chi connectivity index (χ4v) is 2.35. The number of nitriles is 1. The second-order valence-corrected chi connectivity index (χ2v) is 5.20. The molecule has 0 saturated carbocycles. The molecular weight excluding hydrogens is 202 g/mol. The first kappa shape index (κ1) is 11.3. The Morgan fingerprint density at radius 2 is 1.88 bits per heavy atom. The van der Waals surface area contributed by atoms with Crippen LogP contribution in [-0.2, 0) is 0 Å². The van der Waals surface area contributed by atoms with E-state index >= 15 is 0 Å². The number of carbonyl (C=O) groups excluding carboxylic acids is 1. The van der Waals surface area contributed by atoms with Crippen LogP contribution in [0.25, 0.3) is 0 Å². The number of hydrogen-bond acceptors (Lipinski definition) is 2. The fourth-order valence-electron chi connectivity index (χ4n) is 2.35. The molecule has 0 bridgehead atoms. The lowest BCUT2D eigenvalue weighted by Crippen LogP contribution is -2.56. The number of hydrogen-bond donors (Lipinski definition) is 0. The van der Waals surface area contributed by atoms with Gasteiger partial charge < -0.3 is 9.80 Å². The number of likely N-dealkylation sites (tertiary alicyclic amines) is 2. The van der Waals surface area contributed by atoms with Crippen molar-refractivity contribution in [2.24, 2.45) is 17.8 Å². The second-order valence-electron chi connectivity index (χ2n) is 5.20. The van der Waals surface area contributed by atoms with E-state index in [1.165, 1.54) is 0 Å². The molecule has 2 fully saturated rings. The smallest absolute Gasteiger partial charge is 0.320 e. The Morgan fingerprint density at radius 1 is 1.19 bits per heavy atom. The number of carbonyl (C=O) groups is 1. The van der Waals surface area contributed by atoms with Crippen LogP contribution in [-0.4, -0.2) is 42.0 Å². The maximum Gasteiger partial charge on any atom is 0.320 e. The molecule has 0 aromatic heterocycles. The first-order chi connectivity index (χ1) is 7.61. The third kappa shape index (κ3) is 1.99. The summed E-state index contributed by atoms with van der Waals surface area (Å²) in [6.45, 7) is 7.44. The van der Waals surface area contributed by atoms with E-state index in [-0.39, 0.29) is 11.9 Å². The number of piperidine rings is 1. The zero-order valence-electron chi connectivity index (χ0n) is 10.0. The van der Waals surface area contributed by atoms with Crippen molar-refractivity contribution in [3.8, 4) is 6.07 Å². The lowest BCUT2D eigenvalue weighted by molar-refractivity contribution is 0.0831. The van der Waals surface area contributed by atoms with E-state index in [0.29, 0.717) is 24.9 Å². The molecule has 88 valence electrons. The van der Waals surface area contributed by atoms with Gasteiger partial charge in [0.2, 0.25) is 0 Å². The van der Waals surface area contributed by atoms with Crippen LogP contribution in [0.4, 0.5) is 4.79 Å². The maximum absolute atomic E-state index is 12.0. The summed E-state index contributed by atoms with van der Waals surface area (Å²) in [6.07, 6.45) is 1.10. The van der Waals surface area contributed by atoms with Gasteiger partial charge in [0, 0.05) is 26.2 Å². The van der Waals surface area contributed by atoms with Gasteiger partial charge in [0.1, 0.15) is 0 Å². The molecule has 0 aromatic carbocycles. The van der Waals surface area contributed by atoms with Gasteiger partial charge in [0.15, 0.2) is 0 Å². The third-order valence-corrected chi connectivity index (χ3v) is 3.94. The van der Waals surface area contributed by atoms with Gasteiger partial charge >= 0.3 is 6.03 Å². The Balaban J connectivity index is 1.85. The summed E-state index contributed by atoms with van der Waals surface area (Å²) in [5, 5.41) is 8.67. The van der Waals surface area contributed by atoms with Gasteiger partial charge in [-0.2, -0.15) is 5.26 Å². The molecule has 0 spiro atoms. The normalized spacial score (nSPS) is 30.8. The molecular formula is C12H19N3O. The summed E-state index contributed by atoms with van der Waals surface area (Å²) in [6, 6.07) is 2.32. The SMILES string of the molecule is CC1CCN(C(=O)N2CC(C#N)C2)C[C@H]1C. The van der Waals surface area contributed by atoms with Crippen LogP contribution >= 0.6 is 0 Å². The predicted molar refractivity (Wildman–Crippen MR) is 60.6 cm³/mol. The Kier molecular flexibility index (Phi) is 3.04. The Morgan fingerprint density at radius 3 is 2.44 bits per heavy atom. The highest BCUT2D eigenvalue weighted by Gasteiger charge is 2.35. The molecule has 0 radical (unpaired) electrons. The van der Waals surface area contributed by atoms with Crippen molar-refractivity contribution in [2.75, 3.05) is 26.2 Å². The van der Waals surface area contributed by atoms with E-state index in [9.17, 15) is 4.79 Å². The van der Waals surface area contributed by atoms with E-state index in [1.807, 2.05) is 4.90 Å². The predicted octanol–water partition coefficient (Wildman–Crippen LogP) is 1.54. The summed E-state index contributed by atoms with van der Waals surface area (Å²) in [5.74, 6) is 1.36. The van der Waals surface area contributed by atoms with Crippen LogP contribution in [0, 0.1) is 29.1 Å². The monoisotopic (exact) mass is 221 g/mol. The molecule has 0 aromatic rings. The van der Waals surface area contributed by atoms with E-state index in [2.05, 4.69) is 19.9 Å². The fraction of sp³-hybridized carbons (Fsp3) is 0.833. The van der Waals surface area contributed by atoms with Crippen molar-refractivity contribution < 1.29 is 4.79 Å². The quantitative estimate of drug-likeness (QED) is 0.623. The minimum Gasteiger partial charge on any atom is -0.324 e. The molecule has 2 heterocycles. The molecule has 2 saturated heterocycles. The second kappa shape index (κ2) is 4.32. The zero-order valence-corrected chi connectivity index (χ0v) is 10.0.